The second-order valence-electron chi connectivity index (χ2n) is 5.19. The highest BCUT2D eigenvalue weighted by atomic mass is 32.2. The topological polar surface area (TPSA) is 30.7 Å². The zero-order chi connectivity index (χ0) is 14.1. The van der Waals surface area contributed by atoms with E-state index in [1.807, 2.05) is 0 Å². The van der Waals surface area contributed by atoms with Crippen LogP contribution in [0.4, 0.5) is 0 Å². The lowest BCUT2D eigenvalue weighted by molar-refractivity contribution is 0.392. The molecule has 0 saturated carbocycles. The Labute approximate surface area is 121 Å². The molecule has 3 nitrogen and oxygen atoms in total. The van der Waals surface area contributed by atoms with Crippen molar-refractivity contribution in [2.45, 2.75) is 77.3 Å². The van der Waals surface area contributed by atoms with E-state index in [-0.39, 0.29) is 10.9 Å². The molecule has 1 aromatic heterocycles. The molecular weight excluding hydrogens is 254 g/mol. The van der Waals surface area contributed by atoms with Crippen LogP contribution in [0.15, 0.2) is 11.2 Å². The molecule has 0 aliphatic heterocycles. The van der Waals surface area contributed by atoms with Crippen LogP contribution in [0.25, 0.3) is 0 Å². The summed E-state index contributed by atoms with van der Waals surface area (Å²) in [7, 11) is -0.0757. The molecule has 0 N–H and O–H groups in total. The van der Waals surface area contributed by atoms with Crippen molar-refractivity contribution in [3.8, 4) is 0 Å². The summed E-state index contributed by atoms with van der Waals surface area (Å²) in [5.74, 6) is 2.55. The van der Waals surface area contributed by atoms with Gasteiger partial charge in [0.25, 0.3) is 0 Å². The fourth-order valence-electron chi connectivity index (χ4n) is 2.34. The zero-order valence-corrected chi connectivity index (χ0v) is 14.0. The predicted molar refractivity (Wildman–Crippen MR) is 86.4 cm³/mol. The maximum absolute atomic E-state index is 4.46. The highest BCUT2D eigenvalue weighted by molar-refractivity contribution is 8.16. The van der Waals surface area contributed by atoms with Crippen molar-refractivity contribution in [1.82, 2.24) is 15.0 Å². The van der Waals surface area contributed by atoms with Crippen molar-refractivity contribution in [1.29, 1.82) is 0 Å². The van der Waals surface area contributed by atoms with Gasteiger partial charge in [-0.15, -0.1) is 5.10 Å². The molecule has 0 aliphatic rings. The van der Waals surface area contributed by atoms with Gasteiger partial charge in [0.15, 0.2) is 0 Å². The summed E-state index contributed by atoms with van der Waals surface area (Å²) in [5, 5.41) is 10.1. The summed E-state index contributed by atoms with van der Waals surface area (Å²) >= 11 is 0. The second-order valence-corrected chi connectivity index (χ2v) is 7.81. The van der Waals surface area contributed by atoms with Gasteiger partial charge >= 0.3 is 0 Å². The molecule has 0 saturated heterocycles. The maximum Gasteiger partial charge on any atom is 0.119 e. The molecule has 2 atom stereocenters. The molecule has 112 valence electrons. The van der Waals surface area contributed by atoms with Gasteiger partial charge in [0.05, 0.1) is 12.2 Å². The van der Waals surface area contributed by atoms with E-state index in [0.717, 1.165) is 6.42 Å². The summed E-state index contributed by atoms with van der Waals surface area (Å²) in [6.07, 6.45) is 9.76. The number of thiol groups is 1. The highest BCUT2D eigenvalue weighted by Gasteiger charge is 2.14. The van der Waals surface area contributed by atoms with Gasteiger partial charge in [0, 0.05) is 0 Å². The van der Waals surface area contributed by atoms with Crippen LogP contribution in [0.1, 0.15) is 72.3 Å². The fourth-order valence-corrected chi connectivity index (χ4v) is 4.35. The van der Waals surface area contributed by atoms with Gasteiger partial charge in [-0.3, -0.25) is 0 Å². The van der Waals surface area contributed by atoms with Gasteiger partial charge in [-0.25, -0.2) is 15.6 Å². The molecule has 0 fully saturated rings. The summed E-state index contributed by atoms with van der Waals surface area (Å²) in [4.78, 5) is 0. The Balaban J connectivity index is 2.67. The Bertz CT molecular complexity index is 307. The molecule has 4 heteroatoms. The van der Waals surface area contributed by atoms with Crippen molar-refractivity contribution in [2.75, 3.05) is 11.5 Å². The fraction of sp³-hybridized carbons (Fsp3) is 0.867. The third-order valence-corrected chi connectivity index (χ3v) is 6.19. The van der Waals surface area contributed by atoms with Crippen LogP contribution in [-0.4, -0.2) is 26.5 Å². The Morgan fingerprint density at radius 1 is 1.16 bits per heavy atom. The van der Waals surface area contributed by atoms with E-state index in [1.54, 1.807) is 0 Å². The lowest BCUT2D eigenvalue weighted by Gasteiger charge is -2.16. The van der Waals surface area contributed by atoms with E-state index >= 15 is 0 Å². The number of aromatic nitrogens is 3. The molecule has 0 aromatic carbocycles. The maximum atomic E-state index is 4.46. The molecule has 1 rings (SSSR count). The largest absolute Gasteiger partial charge is 0.248 e. The Kier molecular flexibility index (Phi) is 8.19. The number of hydrogen-bond donors (Lipinski definition) is 1. The standard InChI is InChI=1S/C15H31N3S/c1-5-9-11-14(7-3)18-13-15(16-17-18)19(8-4)12-10-6-2/h13-14,19H,5-12H2,1-4H3. The average Bonchev–Trinajstić information content (AvgIpc) is 2.90. The molecular formula is C15H31N3S. The zero-order valence-electron chi connectivity index (χ0n) is 13.1. The Hall–Kier alpha value is -0.510. The molecule has 19 heavy (non-hydrogen) atoms. The SMILES string of the molecule is CCCCC(CC)n1cc([SH](CC)CCCC)nn1. The van der Waals surface area contributed by atoms with E-state index in [0.29, 0.717) is 6.04 Å². The number of unbranched alkanes of at least 4 members (excludes halogenated alkanes) is 2. The van der Waals surface area contributed by atoms with Crippen molar-refractivity contribution in [3.63, 3.8) is 0 Å². The van der Waals surface area contributed by atoms with Crippen LogP contribution in [0.3, 0.4) is 0 Å². The summed E-state index contributed by atoms with van der Waals surface area (Å²) in [5.41, 5.74) is 0. The van der Waals surface area contributed by atoms with Gasteiger partial charge in [-0.05, 0) is 30.8 Å². The molecule has 2 unspecified atom stereocenters. The van der Waals surface area contributed by atoms with Gasteiger partial charge in [-0.1, -0.05) is 52.2 Å². The first-order valence-electron chi connectivity index (χ1n) is 7.93. The lowest BCUT2D eigenvalue weighted by atomic mass is 10.1. The first kappa shape index (κ1) is 16.5. The number of rotatable bonds is 10. The van der Waals surface area contributed by atoms with Crippen molar-refractivity contribution >= 4 is 10.9 Å². The van der Waals surface area contributed by atoms with Crippen LogP contribution < -0.4 is 0 Å². The van der Waals surface area contributed by atoms with Crippen molar-refractivity contribution in [3.05, 3.63) is 6.20 Å². The van der Waals surface area contributed by atoms with Crippen molar-refractivity contribution in [2.24, 2.45) is 0 Å². The third kappa shape index (κ3) is 5.17. The minimum atomic E-state index is -0.0757. The van der Waals surface area contributed by atoms with Crippen LogP contribution >= 0.6 is 10.9 Å². The Morgan fingerprint density at radius 3 is 2.47 bits per heavy atom. The molecule has 0 spiro atoms. The summed E-state index contributed by atoms with van der Waals surface area (Å²) in [6.45, 7) is 9.05. The average molecular weight is 286 g/mol. The molecule has 0 amide bonds. The van der Waals surface area contributed by atoms with Gasteiger partial charge in [0.1, 0.15) is 5.03 Å². The quantitative estimate of drug-likeness (QED) is 0.637. The van der Waals surface area contributed by atoms with Gasteiger partial charge in [0.2, 0.25) is 0 Å². The van der Waals surface area contributed by atoms with Crippen LogP contribution in [0, 0.1) is 0 Å². The van der Waals surface area contributed by atoms with E-state index in [2.05, 4.69) is 48.9 Å². The van der Waals surface area contributed by atoms with E-state index < -0.39 is 0 Å². The van der Waals surface area contributed by atoms with Gasteiger partial charge in [-0.2, -0.15) is 0 Å². The van der Waals surface area contributed by atoms with Gasteiger partial charge < -0.3 is 0 Å². The molecule has 1 aromatic rings. The first-order chi connectivity index (χ1) is 9.26. The highest BCUT2D eigenvalue weighted by Crippen LogP contribution is 2.35. The molecule has 1 heterocycles. The van der Waals surface area contributed by atoms with E-state index in [4.69, 9.17) is 0 Å². The second kappa shape index (κ2) is 9.40. The molecule has 0 bridgehead atoms. The van der Waals surface area contributed by atoms with E-state index in [1.165, 1.54) is 48.6 Å². The predicted octanol–water partition coefficient (Wildman–Crippen LogP) is 4.60. The minimum absolute atomic E-state index is 0.0757. The van der Waals surface area contributed by atoms with Crippen LogP contribution in [-0.2, 0) is 0 Å². The minimum Gasteiger partial charge on any atom is -0.248 e. The first-order valence-corrected chi connectivity index (χ1v) is 9.64. The van der Waals surface area contributed by atoms with Crippen LogP contribution in [0.2, 0.25) is 0 Å². The van der Waals surface area contributed by atoms with Crippen molar-refractivity contribution < 1.29 is 0 Å². The molecule has 0 aliphatic carbocycles. The summed E-state index contributed by atoms with van der Waals surface area (Å²) in [6, 6.07) is 0.543. The third-order valence-electron chi connectivity index (χ3n) is 3.72. The monoisotopic (exact) mass is 285 g/mol. The normalized spacial score (nSPS) is 15.5. The summed E-state index contributed by atoms with van der Waals surface area (Å²) < 4.78 is 2.13. The lowest BCUT2D eigenvalue weighted by Crippen LogP contribution is -2.08. The molecule has 0 radical (unpaired) electrons. The van der Waals surface area contributed by atoms with E-state index in [9.17, 15) is 0 Å². The number of nitrogens with zero attached hydrogens (tertiary/aromatic N) is 3. The number of hydrogen-bond acceptors (Lipinski definition) is 2. The van der Waals surface area contributed by atoms with Crippen LogP contribution in [0.5, 0.6) is 0 Å². The smallest absolute Gasteiger partial charge is 0.119 e. The Morgan fingerprint density at radius 2 is 1.89 bits per heavy atom.